The lowest BCUT2D eigenvalue weighted by molar-refractivity contribution is -0.137. The van der Waals surface area contributed by atoms with E-state index in [4.69, 9.17) is 9.52 Å². The van der Waals surface area contributed by atoms with Crippen LogP contribution in [0.4, 0.5) is 0 Å². The third kappa shape index (κ3) is 3.12. The average Bonchev–Trinajstić information content (AvgIpc) is 2.73. The van der Waals surface area contributed by atoms with Crippen molar-refractivity contribution in [3.63, 3.8) is 0 Å². The van der Waals surface area contributed by atoms with Crippen LogP contribution in [0.25, 0.3) is 0 Å². The first-order valence-corrected chi connectivity index (χ1v) is 5.10. The first-order valence-electron chi connectivity index (χ1n) is 5.10. The van der Waals surface area contributed by atoms with Gasteiger partial charge < -0.3 is 14.4 Å². The summed E-state index contributed by atoms with van der Waals surface area (Å²) in [4.78, 5) is 23.4. The fraction of sp³-hybridized carbons (Fsp3) is 0.455. The Balaban J connectivity index is 2.59. The highest BCUT2D eigenvalue weighted by molar-refractivity contribution is 5.91. The predicted octanol–water partition coefficient (Wildman–Crippen LogP) is 1.39. The quantitative estimate of drug-likeness (QED) is 0.822. The molecular formula is C11H15NO4. The maximum Gasteiger partial charge on any atom is 0.305 e. The van der Waals surface area contributed by atoms with Crippen molar-refractivity contribution in [1.82, 2.24) is 4.90 Å². The summed E-state index contributed by atoms with van der Waals surface area (Å²) in [7, 11) is 1.55. The highest BCUT2D eigenvalue weighted by Gasteiger charge is 2.16. The largest absolute Gasteiger partial charge is 0.481 e. The van der Waals surface area contributed by atoms with Crippen molar-refractivity contribution in [2.24, 2.45) is 0 Å². The summed E-state index contributed by atoms with van der Waals surface area (Å²) < 4.78 is 5.28. The molecule has 16 heavy (non-hydrogen) atoms. The molecule has 0 saturated heterocycles. The summed E-state index contributed by atoms with van der Waals surface area (Å²) >= 11 is 0. The Labute approximate surface area is 93.7 Å². The topological polar surface area (TPSA) is 70.8 Å². The number of hydrogen-bond donors (Lipinski definition) is 1. The summed E-state index contributed by atoms with van der Waals surface area (Å²) in [5, 5.41) is 8.50. The first kappa shape index (κ1) is 12.3. The normalized spacial score (nSPS) is 10.1. The minimum absolute atomic E-state index is 0.0659. The van der Waals surface area contributed by atoms with Crippen molar-refractivity contribution in [2.45, 2.75) is 19.8 Å². The molecule has 0 bridgehead atoms. The summed E-state index contributed by atoms with van der Waals surface area (Å²) in [5.41, 5.74) is 0. The van der Waals surface area contributed by atoms with Gasteiger partial charge in [0.25, 0.3) is 5.91 Å². The molecule has 0 aliphatic rings. The molecule has 1 aromatic heterocycles. The van der Waals surface area contributed by atoms with Crippen molar-refractivity contribution in [3.05, 3.63) is 23.7 Å². The Kier molecular flexibility index (Phi) is 4.10. The highest BCUT2D eigenvalue weighted by atomic mass is 16.4. The number of furan rings is 1. The fourth-order valence-corrected chi connectivity index (χ4v) is 1.24. The molecule has 0 saturated carbocycles. The molecule has 0 aromatic carbocycles. The zero-order valence-corrected chi connectivity index (χ0v) is 9.40. The van der Waals surface area contributed by atoms with Crippen LogP contribution in [0, 0.1) is 0 Å². The van der Waals surface area contributed by atoms with Gasteiger partial charge in [-0.25, -0.2) is 0 Å². The van der Waals surface area contributed by atoms with Crippen molar-refractivity contribution < 1.29 is 19.1 Å². The van der Waals surface area contributed by atoms with Crippen molar-refractivity contribution in [2.75, 3.05) is 13.6 Å². The van der Waals surface area contributed by atoms with Crippen LogP contribution in [0.15, 0.2) is 16.5 Å². The highest BCUT2D eigenvalue weighted by Crippen LogP contribution is 2.10. The van der Waals surface area contributed by atoms with Crippen LogP contribution >= 0.6 is 0 Å². The number of aryl methyl sites for hydroxylation is 1. The van der Waals surface area contributed by atoms with E-state index in [-0.39, 0.29) is 24.6 Å². The van der Waals surface area contributed by atoms with Gasteiger partial charge in [0, 0.05) is 20.0 Å². The smallest absolute Gasteiger partial charge is 0.305 e. The van der Waals surface area contributed by atoms with E-state index >= 15 is 0 Å². The first-order chi connectivity index (χ1) is 7.54. The van der Waals surface area contributed by atoms with Gasteiger partial charge >= 0.3 is 5.97 Å². The van der Waals surface area contributed by atoms with Crippen LogP contribution in [0.3, 0.4) is 0 Å². The summed E-state index contributed by atoms with van der Waals surface area (Å²) in [6.07, 6.45) is 0.662. The van der Waals surface area contributed by atoms with Crippen molar-refractivity contribution >= 4 is 11.9 Å². The Bertz CT molecular complexity index is 383. The average molecular weight is 225 g/mol. The van der Waals surface area contributed by atoms with Gasteiger partial charge in [-0.15, -0.1) is 0 Å². The van der Waals surface area contributed by atoms with E-state index in [9.17, 15) is 9.59 Å². The SMILES string of the molecule is CCc1ccc(C(=O)N(C)CCC(=O)O)o1. The summed E-state index contributed by atoms with van der Waals surface area (Å²) in [6, 6.07) is 3.36. The molecule has 1 N–H and O–H groups in total. The van der Waals surface area contributed by atoms with Crippen LogP contribution in [0.5, 0.6) is 0 Å². The molecule has 88 valence electrons. The van der Waals surface area contributed by atoms with Crippen LogP contribution in [-0.2, 0) is 11.2 Å². The van der Waals surface area contributed by atoms with Crippen LogP contribution in [0.2, 0.25) is 0 Å². The van der Waals surface area contributed by atoms with Crippen molar-refractivity contribution in [1.29, 1.82) is 0 Å². The number of carbonyl (C=O) groups excluding carboxylic acids is 1. The zero-order valence-electron chi connectivity index (χ0n) is 9.40. The number of nitrogens with zero attached hydrogens (tertiary/aromatic N) is 1. The molecule has 0 atom stereocenters. The minimum atomic E-state index is -0.923. The van der Waals surface area contributed by atoms with Crippen LogP contribution < -0.4 is 0 Å². The molecule has 0 aliphatic carbocycles. The number of aliphatic carboxylic acids is 1. The fourth-order valence-electron chi connectivity index (χ4n) is 1.24. The monoisotopic (exact) mass is 225 g/mol. The Morgan fingerprint density at radius 2 is 2.12 bits per heavy atom. The molecule has 0 fully saturated rings. The number of carboxylic acids is 1. The maximum atomic E-state index is 11.7. The molecule has 1 rings (SSSR count). The molecule has 5 heteroatoms. The van der Waals surface area contributed by atoms with E-state index < -0.39 is 5.97 Å². The summed E-state index contributed by atoms with van der Waals surface area (Å²) in [6.45, 7) is 2.11. The van der Waals surface area contributed by atoms with E-state index in [0.29, 0.717) is 0 Å². The van der Waals surface area contributed by atoms with Gasteiger partial charge in [-0.1, -0.05) is 6.92 Å². The van der Waals surface area contributed by atoms with E-state index in [0.717, 1.165) is 12.2 Å². The second kappa shape index (κ2) is 5.34. The summed E-state index contributed by atoms with van der Waals surface area (Å²) in [5.74, 6) is -0.214. The van der Waals surface area contributed by atoms with Gasteiger partial charge in [0.15, 0.2) is 5.76 Å². The Morgan fingerprint density at radius 3 is 2.62 bits per heavy atom. The molecule has 1 aromatic rings. The molecule has 1 amide bonds. The second-order valence-electron chi connectivity index (χ2n) is 3.49. The predicted molar refractivity (Wildman–Crippen MR) is 57.3 cm³/mol. The maximum absolute atomic E-state index is 11.7. The van der Waals surface area contributed by atoms with Gasteiger partial charge in [0.2, 0.25) is 0 Å². The Morgan fingerprint density at radius 1 is 1.44 bits per heavy atom. The lowest BCUT2D eigenvalue weighted by atomic mass is 10.3. The van der Waals surface area contributed by atoms with Gasteiger partial charge in [-0.2, -0.15) is 0 Å². The number of carboxylic acid groups (broad SMARTS) is 1. The molecule has 0 aliphatic heterocycles. The third-order valence-electron chi connectivity index (χ3n) is 2.23. The lowest BCUT2D eigenvalue weighted by Gasteiger charge is -2.13. The van der Waals surface area contributed by atoms with E-state index in [2.05, 4.69) is 0 Å². The minimum Gasteiger partial charge on any atom is -0.481 e. The standard InChI is InChI=1S/C11H15NO4/c1-3-8-4-5-9(16-8)11(15)12(2)7-6-10(13)14/h4-5H,3,6-7H2,1-2H3,(H,13,14). The molecule has 5 nitrogen and oxygen atoms in total. The number of rotatable bonds is 5. The van der Waals surface area contributed by atoms with E-state index in [1.165, 1.54) is 4.90 Å². The van der Waals surface area contributed by atoms with Gasteiger partial charge in [0.05, 0.1) is 6.42 Å². The zero-order chi connectivity index (χ0) is 12.1. The van der Waals surface area contributed by atoms with Gasteiger partial charge in [0.1, 0.15) is 5.76 Å². The Hall–Kier alpha value is -1.78. The van der Waals surface area contributed by atoms with E-state index in [1.807, 2.05) is 6.92 Å². The van der Waals surface area contributed by atoms with E-state index in [1.54, 1.807) is 19.2 Å². The number of amides is 1. The second-order valence-corrected chi connectivity index (χ2v) is 3.49. The molecule has 0 radical (unpaired) electrons. The van der Waals surface area contributed by atoms with Crippen LogP contribution in [-0.4, -0.2) is 35.5 Å². The van der Waals surface area contributed by atoms with Gasteiger partial charge in [-0.05, 0) is 12.1 Å². The van der Waals surface area contributed by atoms with Gasteiger partial charge in [-0.3, -0.25) is 9.59 Å². The molecule has 0 unspecified atom stereocenters. The van der Waals surface area contributed by atoms with Crippen LogP contribution in [0.1, 0.15) is 29.7 Å². The molecular weight excluding hydrogens is 210 g/mol. The number of carbonyl (C=O) groups is 2. The lowest BCUT2D eigenvalue weighted by Crippen LogP contribution is -2.28. The third-order valence-corrected chi connectivity index (χ3v) is 2.23. The molecule has 1 heterocycles. The van der Waals surface area contributed by atoms with Crippen molar-refractivity contribution in [3.8, 4) is 0 Å². The molecule has 0 spiro atoms. The number of hydrogen-bond acceptors (Lipinski definition) is 3.